The molecule has 2 N–H and O–H groups in total. The van der Waals surface area contributed by atoms with Crippen LogP contribution in [0, 0.1) is 0 Å². The molecule has 0 spiro atoms. The van der Waals surface area contributed by atoms with Crippen molar-refractivity contribution in [3.8, 4) is 5.75 Å². The van der Waals surface area contributed by atoms with Gasteiger partial charge in [0.1, 0.15) is 5.75 Å². The second-order valence-corrected chi connectivity index (χ2v) is 4.64. The van der Waals surface area contributed by atoms with Crippen molar-refractivity contribution >= 4 is 0 Å². The fraction of sp³-hybridized carbons (Fsp3) is 0.538. The molecule has 0 saturated heterocycles. The van der Waals surface area contributed by atoms with E-state index in [4.69, 9.17) is 0 Å². The molecule has 90 valence electrons. The lowest BCUT2D eigenvalue weighted by atomic mass is 10.1. The van der Waals surface area contributed by atoms with Gasteiger partial charge in [-0.3, -0.25) is 0 Å². The van der Waals surface area contributed by atoms with Gasteiger partial charge >= 0.3 is 0 Å². The molecule has 0 bridgehead atoms. The molecule has 1 rings (SSSR count). The quantitative estimate of drug-likeness (QED) is 0.800. The number of nitrogens with zero attached hydrogens (tertiary/aromatic N) is 1. The fourth-order valence-corrected chi connectivity index (χ4v) is 1.89. The molecule has 2 atom stereocenters. The number of rotatable bonds is 5. The first-order valence-corrected chi connectivity index (χ1v) is 5.68. The van der Waals surface area contributed by atoms with Crippen LogP contribution in [0.4, 0.5) is 0 Å². The Bertz CT molecular complexity index is 308. The number of hydrogen-bond donors (Lipinski definition) is 2. The second kappa shape index (κ2) is 5.87. The molecular weight excluding hydrogens is 200 g/mol. The SMILES string of the molecule is CC(CN(C)C)NC(C)c1ccc(O)cc1. The van der Waals surface area contributed by atoms with Crippen molar-refractivity contribution in [3.63, 3.8) is 0 Å². The maximum Gasteiger partial charge on any atom is 0.115 e. The molecule has 3 nitrogen and oxygen atoms in total. The number of benzene rings is 1. The van der Waals surface area contributed by atoms with Gasteiger partial charge in [-0.25, -0.2) is 0 Å². The summed E-state index contributed by atoms with van der Waals surface area (Å²) in [6, 6.07) is 8.10. The number of likely N-dealkylation sites (N-methyl/N-ethyl adjacent to an activating group) is 1. The summed E-state index contributed by atoms with van der Waals surface area (Å²) in [5.74, 6) is 0.317. The minimum absolute atomic E-state index is 0.301. The lowest BCUT2D eigenvalue weighted by Gasteiger charge is -2.23. The molecule has 2 unspecified atom stereocenters. The van der Waals surface area contributed by atoms with Gasteiger partial charge in [-0.05, 0) is 45.6 Å². The highest BCUT2D eigenvalue weighted by molar-refractivity contribution is 5.27. The monoisotopic (exact) mass is 222 g/mol. The molecule has 1 aromatic rings. The Balaban J connectivity index is 2.51. The van der Waals surface area contributed by atoms with Gasteiger partial charge in [0.2, 0.25) is 0 Å². The minimum Gasteiger partial charge on any atom is -0.508 e. The van der Waals surface area contributed by atoms with Crippen LogP contribution in [0.25, 0.3) is 0 Å². The Labute approximate surface area is 98.1 Å². The predicted octanol–water partition coefficient (Wildman–Crippen LogP) is 1.99. The molecule has 16 heavy (non-hydrogen) atoms. The first-order valence-electron chi connectivity index (χ1n) is 5.68. The van der Waals surface area contributed by atoms with Crippen molar-refractivity contribution in [3.05, 3.63) is 29.8 Å². The van der Waals surface area contributed by atoms with Crippen molar-refractivity contribution in [1.82, 2.24) is 10.2 Å². The van der Waals surface area contributed by atoms with Crippen LogP contribution in [0.15, 0.2) is 24.3 Å². The molecule has 3 heteroatoms. The summed E-state index contributed by atoms with van der Waals surface area (Å²) >= 11 is 0. The molecule has 0 aliphatic carbocycles. The lowest BCUT2D eigenvalue weighted by molar-refractivity contribution is 0.334. The molecule has 0 amide bonds. The minimum atomic E-state index is 0.301. The van der Waals surface area contributed by atoms with Crippen LogP contribution < -0.4 is 5.32 Å². The van der Waals surface area contributed by atoms with E-state index in [0.717, 1.165) is 6.54 Å². The molecule has 0 radical (unpaired) electrons. The van der Waals surface area contributed by atoms with Crippen molar-refractivity contribution in [2.24, 2.45) is 0 Å². The molecule has 0 fully saturated rings. The summed E-state index contributed by atoms with van der Waals surface area (Å²) in [6.45, 7) is 5.33. The maximum absolute atomic E-state index is 9.21. The number of phenols is 1. The summed E-state index contributed by atoms with van der Waals surface area (Å²) in [6.07, 6.45) is 0. The van der Waals surface area contributed by atoms with E-state index in [0.29, 0.717) is 17.8 Å². The highest BCUT2D eigenvalue weighted by Gasteiger charge is 2.09. The lowest BCUT2D eigenvalue weighted by Crippen LogP contribution is -2.37. The second-order valence-electron chi connectivity index (χ2n) is 4.64. The van der Waals surface area contributed by atoms with E-state index in [1.165, 1.54) is 5.56 Å². The maximum atomic E-state index is 9.21. The first kappa shape index (κ1) is 13.0. The Morgan fingerprint density at radius 3 is 2.25 bits per heavy atom. The van der Waals surface area contributed by atoms with Crippen LogP contribution in [0.1, 0.15) is 25.5 Å². The molecule has 1 aromatic carbocycles. The van der Waals surface area contributed by atoms with Crippen LogP contribution in [-0.4, -0.2) is 36.7 Å². The van der Waals surface area contributed by atoms with Crippen LogP contribution >= 0.6 is 0 Å². The van der Waals surface area contributed by atoms with E-state index in [9.17, 15) is 5.11 Å². The van der Waals surface area contributed by atoms with Crippen LogP contribution in [0.2, 0.25) is 0 Å². The van der Waals surface area contributed by atoms with E-state index in [-0.39, 0.29) is 0 Å². The zero-order valence-corrected chi connectivity index (χ0v) is 10.6. The van der Waals surface area contributed by atoms with Gasteiger partial charge in [0.25, 0.3) is 0 Å². The van der Waals surface area contributed by atoms with Gasteiger partial charge < -0.3 is 15.3 Å². The van der Waals surface area contributed by atoms with Gasteiger partial charge in [-0.2, -0.15) is 0 Å². The molecular formula is C13H22N2O. The Kier molecular flexibility index (Phi) is 4.77. The van der Waals surface area contributed by atoms with Crippen LogP contribution in [0.5, 0.6) is 5.75 Å². The van der Waals surface area contributed by atoms with Crippen molar-refractivity contribution < 1.29 is 5.11 Å². The zero-order valence-electron chi connectivity index (χ0n) is 10.6. The Hall–Kier alpha value is -1.06. The first-order chi connectivity index (χ1) is 7.49. The fourth-order valence-electron chi connectivity index (χ4n) is 1.89. The number of aromatic hydroxyl groups is 1. The van der Waals surface area contributed by atoms with Gasteiger partial charge in [0.15, 0.2) is 0 Å². The number of nitrogens with one attached hydrogen (secondary N) is 1. The predicted molar refractivity (Wildman–Crippen MR) is 67.7 cm³/mol. The standard InChI is InChI=1S/C13H22N2O/c1-10(9-15(3)4)14-11(2)12-5-7-13(16)8-6-12/h5-8,10-11,14,16H,9H2,1-4H3. The zero-order chi connectivity index (χ0) is 12.1. The van der Waals surface area contributed by atoms with E-state index in [1.54, 1.807) is 12.1 Å². The van der Waals surface area contributed by atoms with Gasteiger partial charge in [-0.1, -0.05) is 12.1 Å². The largest absolute Gasteiger partial charge is 0.508 e. The molecule has 0 aliphatic rings. The summed E-state index contributed by atoms with van der Waals surface area (Å²) in [5, 5.41) is 12.7. The van der Waals surface area contributed by atoms with Crippen molar-refractivity contribution in [2.75, 3.05) is 20.6 Å². The summed E-state index contributed by atoms with van der Waals surface area (Å²) < 4.78 is 0. The molecule has 0 saturated carbocycles. The van der Waals surface area contributed by atoms with Crippen LogP contribution in [0.3, 0.4) is 0 Å². The molecule has 0 heterocycles. The smallest absolute Gasteiger partial charge is 0.115 e. The molecule has 0 aromatic heterocycles. The van der Waals surface area contributed by atoms with Gasteiger partial charge in [-0.15, -0.1) is 0 Å². The number of hydrogen-bond acceptors (Lipinski definition) is 3. The summed E-state index contributed by atoms with van der Waals surface area (Å²) in [5.41, 5.74) is 1.20. The van der Waals surface area contributed by atoms with Crippen molar-refractivity contribution in [2.45, 2.75) is 25.9 Å². The van der Waals surface area contributed by atoms with Gasteiger partial charge in [0, 0.05) is 18.6 Å². The number of phenolic OH excluding ortho intramolecular Hbond substituents is 1. The van der Waals surface area contributed by atoms with Crippen LogP contribution in [-0.2, 0) is 0 Å². The van der Waals surface area contributed by atoms with E-state index >= 15 is 0 Å². The third kappa shape index (κ3) is 4.21. The molecule has 0 aliphatic heterocycles. The van der Waals surface area contributed by atoms with E-state index < -0.39 is 0 Å². The van der Waals surface area contributed by atoms with Gasteiger partial charge in [0.05, 0.1) is 0 Å². The summed E-state index contributed by atoms with van der Waals surface area (Å²) in [7, 11) is 4.15. The Morgan fingerprint density at radius 2 is 1.75 bits per heavy atom. The highest BCUT2D eigenvalue weighted by atomic mass is 16.3. The van der Waals surface area contributed by atoms with E-state index in [2.05, 4.69) is 38.2 Å². The Morgan fingerprint density at radius 1 is 1.19 bits per heavy atom. The summed E-state index contributed by atoms with van der Waals surface area (Å²) in [4.78, 5) is 2.17. The third-order valence-corrected chi connectivity index (χ3v) is 2.57. The normalized spacial score (nSPS) is 15.1. The highest BCUT2D eigenvalue weighted by Crippen LogP contribution is 2.16. The average molecular weight is 222 g/mol. The third-order valence-electron chi connectivity index (χ3n) is 2.57. The van der Waals surface area contributed by atoms with E-state index in [1.807, 2.05) is 12.1 Å². The van der Waals surface area contributed by atoms with Crippen molar-refractivity contribution in [1.29, 1.82) is 0 Å². The topological polar surface area (TPSA) is 35.5 Å². The average Bonchev–Trinajstić information content (AvgIpc) is 2.16.